The first kappa shape index (κ1) is 29.5. The predicted octanol–water partition coefficient (Wildman–Crippen LogP) is 2.81. The summed E-state index contributed by atoms with van der Waals surface area (Å²) in [5, 5.41) is 3.34. The van der Waals surface area contributed by atoms with Crippen LogP contribution in [0.15, 0.2) is 54.6 Å². The molecule has 7 nitrogen and oxygen atoms in total. The van der Waals surface area contributed by atoms with Crippen LogP contribution in [0.3, 0.4) is 0 Å². The fourth-order valence-electron chi connectivity index (χ4n) is 4.74. The molecular formula is C25H38N4O3S3. The summed E-state index contributed by atoms with van der Waals surface area (Å²) in [6, 6.07) is 17.8. The summed E-state index contributed by atoms with van der Waals surface area (Å²) in [7, 11) is 0.861. The molecule has 2 atom stereocenters. The van der Waals surface area contributed by atoms with Crippen molar-refractivity contribution in [1.82, 2.24) is 15.1 Å². The van der Waals surface area contributed by atoms with E-state index in [-0.39, 0.29) is 38.9 Å². The zero-order valence-electron chi connectivity index (χ0n) is 20.6. The van der Waals surface area contributed by atoms with Gasteiger partial charge in [-0.2, -0.15) is 27.0 Å². The molecule has 1 heterocycles. The minimum atomic E-state index is -3.38. The molecule has 2 fully saturated rings. The number of sulfonamides is 1. The number of likely N-dealkylation sites (N-methyl/N-ethyl adjacent to an activating group) is 1. The third kappa shape index (κ3) is 7.39. The van der Waals surface area contributed by atoms with Crippen LogP contribution in [0.2, 0.25) is 0 Å². The lowest BCUT2D eigenvalue weighted by atomic mass is 9.93. The third-order valence-corrected chi connectivity index (χ3v) is 7.44. The second-order valence-corrected chi connectivity index (χ2v) is 11.4. The number of hydrogen-bond acceptors (Lipinski definition) is 5. The summed E-state index contributed by atoms with van der Waals surface area (Å²) < 4.78 is 25.8. The van der Waals surface area contributed by atoms with Gasteiger partial charge in [0.05, 0.1) is 17.7 Å². The van der Waals surface area contributed by atoms with Gasteiger partial charge in [-0.25, -0.2) is 8.42 Å². The number of carbonyl (C=O) groups is 1. The molecule has 10 heteroatoms. The van der Waals surface area contributed by atoms with E-state index in [9.17, 15) is 13.2 Å². The van der Waals surface area contributed by atoms with Crippen LogP contribution in [0.25, 0.3) is 0 Å². The Morgan fingerprint density at radius 3 is 2.37 bits per heavy atom. The van der Waals surface area contributed by atoms with Crippen LogP contribution in [0, 0.1) is 0 Å². The Bertz CT molecular complexity index is 1090. The summed E-state index contributed by atoms with van der Waals surface area (Å²) >= 11 is 0. The van der Waals surface area contributed by atoms with Gasteiger partial charge < -0.3 is 10.2 Å². The summed E-state index contributed by atoms with van der Waals surface area (Å²) in [6.45, 7) is 2.79. The van der Waals surface area contributed by atoms with Crippen LogP contribution in [0.1, 0.15) is 36.4 Å². The Morgan fingerprint density at radius 2 is 1.80 bits per heavy atom. The molecule has 0 unspecified atom stereocenters. The van der Waals surface area contributed by atoms with Gasteiger partial charge in [0.25, 0.3) is 0 Å². The van der Waals surface area contributed by atoms with Gasteiger partial charge in [0.2, 0.25) is 15.9 Å². The lowest BCUT2D eigenvalue weighted by Crippen LogP contribution is -2.42. The Morgan fingerprint density at radius 1 is 1.11 bits per heavy atom. The van der Waals surface area contributed by atoms with Crippen molar-refractivity contribution in [3.63, 3.8) is 0 Å². The lowest BCUT2D eigenvalue weighted by molar-refractivity contribution is -0.124. The summed E-state index contributed by atoms with van der Waals surface area (Å²) in [4.78, 5) is 18.3. The molecule has 2 aromatic carbocycles. The number of anilines is 1. The number of likely N-dealkylation sites (tertiary alicyclic amines) is 1. The molecule has 2 N–H and O–H groups in total. The Balaban J connectivity index is 0.00000216. The second-order valence-electron chi connectivity index (χ2n) is 9.64. The van der Waals surface area contributed by atoms with Crippen molar-refractivity contribution in [2.75, 3.05) is 44.7 Å². The van der Waals surface area contributed by atoms with E-state index < -0.39 is 15.4 Å². The van der Waals surface area contributed by atoms with Gasteiger partial charge in [0, 0.05) is 24.8 Å². The number of rotatable bonds is 9. The highest BCUT2D eigenvalue weighted by Gasteiger charge is 2.51. The standard InChI is InChI=1S/C25H34N4O3S.2H2S/c1-28(2)22-12-15-29(17-22)18-23(19-8-5-4-6-9-19)26-24(30)25(13-14-25)20-10-7-11-21(16-20)27-33(3,31)32;;/h4-11,16,22-23,27H,12-15,17-18H2,1-3H3,(H,26,30);2*1H2/t22-,23+;;/m0../s1. The Labute approximate surface area is 223 Å². The minimum absolute atomic E-state index is 0. The van der Waals surface area contributed by atoms with Gasteiger partial charge in [-0.05, 0) is 63.2 Å². The molecule has 1 amide bonds. The van der Waals surface area contributed by atoms with Gasteiger partial charge in [-0.1, -0.05) is 42.5 Å². The van der Waals surface area contributed by atoms with Crippen LogP contribution in [0.4, 0.5) is 5.69 Å². The normalized spacial score (nSPS) is 19.8. The maximum Gasteiger partial charge on any atom is 0.231 e. The van der Waals surface area contributed by atoms with Crippen molar-refractivity contribution in [2.45, 2.75) is 36.8 Å². The van der Waals surface area contributed by atoms with Gasteiger partial charge in [-0.3, -0.25) is 14.4 Å². The summed E-state index contributed by atoms with van der Waals surface area (Å²) in [6.07, 6.45) is 3.78. The number of nitrogens with one attached hydrogen (secondary N) is 2. The largest absolute Gasteiger partial charge is 0.347 e. The maximum atomic E-state index is 13.6. The van der Waals surface area contributed by atoms with Gasteiger partial charge in [0.15, 0.2) is 0 Å². The molecule has 194 valence electrons. The third-order valence-electron chi connectivity index (χ3n) is 6.83. The van der Waals surface area contributed by atoms with Crippen molar-refractivity contribution in [2.24, 2.45) is 0 Å². The monoisotopic (exact) mass is 538 g/mol. The van der Waals surface area contributed by atoms with E-state index in [4.69, 9.17) is 0 Å². The molecule has 1 saturated heterocycles. The van der Waals surface area contributed by atoms with E-state index in [0.29, 0.717) is 11.7 Å². The maximum absolute atomic E-state index is 13.6. The highest BCUT2D eigenvalue weighted by molar-refractivity contribution is 7.92. The summed E-state index contributed by atoms with van der Waals surface area (Å²) in [5.74, 6) is 0.0104. The van der Waals surface area contributed by atoms with Crippen LogP contribution in [-0.2, 0) is 20.2 Å². The highest BCUT2D eigenvalue weighted by atomic mass is 32.2. The number of amides is 1. The number of hydrogen-bond donors (Lipinski definition) is 2. The zero-order chi connectivity index (χ0) is 23.6. The molecule has 1 saturated carbocycles. The SMILES string of the molecule is CN(C)[C@H]1CCN(C[C@@H](NC(=O)C2(c3cccc(NS(C)(=O)=O)c3)CC2)c2ccccc2)C1.S.S. The molecular weight excluding hydrogens is 501 g/mol. The van der Waals surface area contributed by atoms with Crippen LogP contribution < -0.4 is 10.0 Å². The van der Waals surface area contributed by atoms with Crippen molar-refractivity contribution in [1.29, 1.82) is 0 Å². The highest BCUT2D eigenvalue weighted by Crippen LogP contribution is 2.49. The minimum Gasteiger partial charge on any atom is -0.347 e. The van der Waals surface area contributed by atoms with Gasteiger partial charge in [0.1, 0.15) is 0 Å². The lowest BCUT2D eigenvalue weighted by Gasteiger charge is -2.28. The molecule has 4 rings (SSSR count). The van der Waals surface area contributed by atoms with Gasteiger partial charge >= 0.3 is 0 Å². The first-order valence-corrected chi connectivity index (χ1v) is 13.4. The Kier molecular flexibility index (Phi) is 10.1. The van der Waals surface area contributed by atoms with Crippen LogP contribution in [-0.4, -0.2) is 70.2 Å². The van der Waals surface area contributed by atoms with E-state index in [0.717, 1.165) is 56.3 Å². The fourth-order valence-corrected chi connectivity index (χ4v) is 5.30. The first-order valence-electron chi connectivity index (χ1n) is 11.5. The van der Waals surface area contributed by atoms with Crippen LogP contribution >= 0.6 is 27.0 Å². The van der Waals surface area contributed by atoms with E-state index in [1.165, 1.54) is 0 Å². The molecule has 35 heavy (non-hydrogen) atoms. The number of nitrogens with zero attached hydrogens (tertiary/aromatic N) is 2. The van der Waals surface area contributed by atoms with Crippen molar-refractivity contribution in [3.8, 4) is 0 Å². The van der Waals surface area contributed by atoms with E-state index >= 15 is 0 Å². The van der Waals surface area contributed by atoms with E-state index in [1.54, 1.807) is 18.2 Å². The van der Waals surface area contributed by atoms with Crippen molar-refractivity contribution < 1.29 is 13.2 Å². The molecule has 0 radical (unpaired) electrons. The Hall–Kier alpha value is -1.72. The topological polar surface area (TPSA) is 81.8 Å². The number of carbonyl (C=O) groups excluding carboxylic acids is 1. The first-order chi connectivity index (χ1) is 15.7. The van der Waals surface area contributed by atoms with E-state index in [2.05, 4.69) is 46.1 Å². The molecule has 2 aromatic rings. The zero-order valence-corrected chi connectivity index (χ0v) is 23.4. The molecule has 0 bridgehead atoms. The quantitative estimate of drug-likeness (QED) is 0.513. The van der Waals surface area contributed by atoms with Crippen molar-refractivity contribution in [3.05, 3.63) is 65.7 Å². The predicted molar refractivity (Wildman–Crippen MR) is 152 cm³/mol. The van der Waals surface area contributed by atoms with Gasteiger partial charge in [-0.15, -0.1) is 0 Å². The average Bonchev–Trinajstić information content (AvgIpc) is 3.45. The molecule has 2 aliphatic rings. The van der Waals surface area contributed by atoms with Crippen LogP contribution in [0.5, 0.6) is 0 Å². The molecule has 0 spiro atoms. The molecule has 1 aliphatic carbocycles. The summed E-state index contributed by atoms with van der Waals surface area (Å²) in [5.41, 5.74) is 1.84. The van der Waals surface area contributed by atoms with E-state index in [1.807, 2.05) is 24.3 Å². The second kappa shape index (κ2) is 12.0. The molecule has 1 aliphatic heterocycles. The smallest absolute Gasteiger partial charge is 0.231 e. The van der Waals surface area contributed by atoms with Crippen molar-refractivity contribution >= 4 is 48.6 Å². The average molecular weight is 539 g/mol. The number of benzene rings is 2. The molecule has 0 aromatic heterocycles. The fraction of sp³-hybridized carbons (Fsp3) is 0.480.